The fourth-order valence-electron chi connectivity index (χ4n) is 5.47. The molecule has 0 radical (unpaired) electrons. The van der Waals surface area contributed by atoms with Crippen LogP contribution in [-0.4, -0.2) is 26.3 Å². The first-order chi connectivity index (χ1) is 20.6. The number of carbonyl (C=O) groups is 2. The number of pyridine rings is 1. The Kier molecular flexibility index (Phi) is 8.06. The maximum absolute atomic E-state index is 14.0. The second kappa shape index (κ2) is 12.4. The molecule has 0 unspecified atom stereocenters. The molecule has 8 nitrogen and oxygen atoms in total. The number of imidazole rings is 1. The van der Waals surface area contributed by atoms with Crippen molar-refractivity contribution in [3.63, 3.8) is 0 Å². The lowest BCUT2D eigenvalue weighted by molar-refractivity contribution is -0.123. The molecule has 0 bridgehead atoms. The summed E-state index contributed by atoms with van der Waals surface area (Å²) in [5.41, 5.74) is 4.09. The van der Waals surface area contributed by atoms with Crippen LogP contribution in [0.5, 0.6) is 0 Å². The van der Waals surface area contributed by atoms with Crippen LogP contribution in [0, 0.1) is 17.2 Å². The molecule has 3 heterocycles. The lowest BCUT2D eigenvalue weighted by Gasteiger charge is -2.30. The average Bonchev–Trinajstić information content (AvgIpc) is 3.67. The van der Waals surface area contributed by atoms with E-state index in [4.69, 9.17) is 5.26 Å². The summed E-state index contributed by atoms with van der Waals surface area (Å²) in [4.78, 5) is 37.8. The maximum Gasteiger partial charge on any atom is 0.265 e. The van der Waals surface area contributed by atoms with E-state index < -0.39 is 0 Å². The summed E-state index contributed by atoms with van der Waals surface area (Å²) in [5, 5.41) is 13.0. The zero-order chi connectivity index (χ0) is 28.9. The van der Waals surface area contributed by atoms with Crippen molar-refractivity contribution in [2.45, 2.75) is 45.2 Å². The smallest absolute Gasteiger partial charge is 0.265 e. The largest absolute Gasteiger partial charge is 0.328 e. The SMILES string of the molecule is N#Cc1ccc(Cn2cncc2CN(C(=O)C2CCCCC2)c2ccc3sc(C(=O)Nc4ccncc4)cc3c2)cc1. The highest BCUT2D eigenvalue weighted by Crippen LogP contribution is 2.33. The number of fused-ring (bicyclic) bond motifs is 1. The molecule has 6 rings (SSSR count). The van der Waals surface area contributed by atoms with Gasteiger partial charge in [-0.3, -0.25) is 14.6 Å². The van der Waals surface area contributed by atoms with E-state index in [-0.39, 0.29) is 17.7 Å². The highest BCUT2D eigenvalue weighted by atomic mass is 32.1. The van der Waals surface area contributed by atoms with Crippen LogP contribution in [0.25, 0.3) is 10.1 Å². The molecule has 1 N–H and O–H groups in total. The van der Waals surface area contributed by atoms with Crippen LogP contribution in [0.2, 0.25) is 0 Å². The third-order valence-electron chi connectivity index (χ3n) is 7.75. The Bertz CT molecular complexity index is 1750. The number of carbonyl (C=O) groups excluding carboxylic acids is 2. The van der Waals surface area contributed by atoms with E-state index in [1.807, 2.05) is 64.2 Å². The van der Waals surface area contributed by atoms with Gasteiger partial charge in [0.2, 0.25) is 5.91 Å². The van der Waals surface area contributed by atoms with E-state index in [1.54, 1.807) is 30.9 Å². The lowest BCUT2D eigenvalue weighted by atomic mass is 9.88. The summed E-state index contributed by atoms with van der Waals surface area (Å²) < 4.78 is 3.03. The maximum atomic E-state index is 14.0. The van der Waals surface area contributed by atoms with Gasteiger partial charge in [0.1, 0.15) is 0 Å². The quantitative estimate of drug-likeness (QED) is 0.220. The van der Waals surface area contributed by atoms with Gasteiger partial charge in [-0.2, -0.15) is 5.26 Å². The minimum absolute atomic E-state index is 0.00600. The standard InChI is InChI=1S/C33H30N6O2S/c34-18-23-6-8-24(9-7-23)20-38-22-36-19-29(38)21-39(33(41)25-4-2-1-3-5-25)28-10-11-30-26(16-28)17-31(42-30)32(40)37-27-12-14-35-15-13-27/h6-17,19,22,25H,1-5,20-21H2,(H,35,37,40). The molecule has 210 valence electrons. The molecular weight excluding hydrogens is 544 g/mol. The molecule has 1 aliphatic rings. The molecule has 1 saturated carbocycles. The monoisotopic (exact) mass is 574 g/mol. The van der Waals surface area contributed by atoms with Crippen LogP contribution >= 0.6 is 11.3 Å². The lowest BCUT2D eigenvalue weighted by Crippen LogP contribution is -2.37. The number of rotatable bonds is 8. The van der Waals surface area contributed by atoms with E-state index in [2.05, 4.69) is 21.4 Å². The second-order valence-electron chi connectivity index (χ2n) is 10.6. The summed E-state index contributed by atoms with van der Waals surface area (Å²) in [7, 11) is 0. The van der Waals surface area contributed by atoms with Crippen LogP contribution in [0.15, 0.2) is 85.6 Å². The Hall–Kier alpha value is -4.81. The summed E-state index contributed by atoms with van der Waals surface area (Å²) >= 11 is 1.43. The molecule has 42 heavy (non-hydrogen) atoms. The number of benzene rings is 2. The Morgan fingerprint density at radius 1 is 1.00 bits per heavy atom. The van der Waals surface area contributed by atoms with Crippen molar-refractivity contribution in [3.05, 3.63) is 107 Å². The predicted molar refractivity (Wildman–Crippen MR) is 164 cm³/mol. The molecule has 0 aliphatic heterocycles. The molecule has 0 spiro atoms. The van der Waals surface area contributed by atoms with Crippen molar-refractivity contribution in [2.75, 3.05) is 10.2 Å². The van der Waals surface area contributed by atoms with Gasteiger partial charge >= 0.3 is 0 Å². The number of thiophene rings is 1. The molecule has 1 fully saturated rings. The summed E-state index contributed by atoms with van der Waals surface area (Å²) in [5.74, 6) is -0.0506. The molecule has 2 amide bonds. The van der Waals surface area contributed by atoms with Gasteiger partial charge in [0, 0.05) is 47.1 Å². The van der Waals surface area contributed by atoms with E-state index in [9.17, 15) is 9.59 Å². The highest BCUT2D eigenvalue weighted by Gasteiger charge is 2.28. The Labute approximate surface area is 248 Å². The zero-order valence-corrected chi connectivity index (χ0v) is 23.9. The molecule has 5 aromatic rings. The number of nitrogens with one attached hydrogen (secondary N) is 1. The molecular formula is C33H30N6O2S. The van der Waals surface area contributed by atoms with Crippen molar-refractivity contribution >= 4 is 44.6 Å². The Morgan fingerprint density at radius 2 is 1.79 bits per heavy atom. The van der Waals surface area contributed by atoms with E-state index in [0.29, 0.717) is 29.2 Å². The summed E-state index contributed by atoms with van der Waals surface area (Å²) in [6.45, 7) is 0.975. The van der Waals surface area contributed by atoms with Crippen LogP contribution in [0.1, 0.15) is 58.6 Å². The average molecular weight is 575 g/mol. The number of amides is 2. The van der Waals surface area contributed by atoms with Gasteiger partial charge in [-0.25, -0.2) is 4.98 Å². The van der Waals surface area contributed by atoms with Gasteiger partial charge in [-0.05, 0) is 72.3 Å². The fourth-order valence-corrected chi connectivity index (χ4v) is 6.41. The molecule has 3 aromatic heterocycles. The number of hydrogen-bond donors (Lipinski definition) is 1. The van der Waals surface area contributed by atoms with E-state index >= 15 is 0 Å². The molecule has 1 aliphatic carbocycles. The van der Waals surface area contributed by atoms with Crippen LogP contribution < -0.4 is 10.2 Å². The normalized spacial score (nSPS) is 13.5. The topological polar surface area (TPSA) is 104 Å². The number of hydrogen-bond acceptors (Lipinski definition) is 6. The predicted octanol–water partition coefficient (Wildman–Crippen LogP) is 6.78. The number of nitrogens with zero attached hydrogens (tertiary/aromatic N) is 5. The first kappa shape index (κ1) is 27.4. The molecule has 2 aromatic carbocycles. The third-order valence-corrected chi connectivity index (χ3v) is 8.86. The van der Waals surface area contributed by atoms with Gasteiger partial charge < -0.3 is 14.8 Å². The molecule has 0 saturated heterocycles. The number of aromatic nitrogens is 3. The highest BCUT2D eigenvalue weighted by molar-refractivity contribution is 7.20. The summed E-state index contributed by atoms with van der Waals surface area (Å²) in [6.07, 6.45) is 12.0. The summed E-state index contributed by atoms with van der Waals surface area (Å²) in [6, 6.07) is 21.0. The van der Waals surface area contributed by atoms with Crippen molar-refractivity contribution in [3.8, 4) is 6.07 Å². The first-order valence-corrected chi connectivity index (χ1v) is 14.9. The van der Waals surface area contributed by atoms with Gasteiger partial charge in [-0.15, -0.1) is 11.3 Å². The minimum atomic E-state index is -0.175. The van der Waals surface area contributed by atoms with Crippen molar-refractivity contribution in [1.29, 1.82) is 5.26 Å². The van der Waals surface area contributed by atoms with Crippen LogP contribution in [0.4, 0.5) is 11.4 Å². The number of nitriles is 1. The Balaban J connectivity index is 1.28. The Morgan fingerprint density at radius 3 is 2.55 bits per heavy atom. The van der Waals surface area contributed by atoms with Gasteiger partial charge in [0.15, 0.2) is 0 Å². The van der Waals surface area contributed by atoms with Crippen molar-refractivity contribution < 1.29 is 9.59 Å². The van der Waals surface area contributed by atoms with Gasteiger partial charge in [-0.1, -0.05) is 31.4 Å². The van der Waals surface area contributed by atoms with Gasteiger partial charge in [0.25, 0.3) is 5.91 Å². The van der Waals surface area contributed by atoms with E-state index in [1.165, 1.54) is 17.8 Å². The first-order valence-electron chi connectivity index (χ1n) is 14.1. The van der Waals surface area contributed by atoms with Gasteiger partial charge in [0.05, 0.1) is 35.1 Å². The van der Waals surface area contributed by atoms with E-state index in [0.717, 1.165) is 52.7 Å². The number of anilines is 2. The van der Waals surface area contributed by atoms with Crippen LogP contribution in [0.3, 0.4) is 0 Å². The third kappa shape index (κ3) is 6.09. The molecule has 0 atom stereocenters. The second-order valence-corrected chi connectivity index (χ2v) is 11.7. The van der Waals surface area contributed by atoms with Crippen molar-refractivity contribution in [1.82, 2.24) is 14.5 Å². The van der Waals surface area contributed by atoms with Crippen molar-refractivity contribution in [2.24, 2.45) is 5.92 Å². The zero-order valence-electron chi connectivity index (χ0n) is 23.1. The minimum Gasteiger partial charge on any atom is -0.328 e. The molecule has 9 heteroatoms. The van der Waals surface area contributed by atoms with Crippen LogP contribution in [-0.2, 0) is 17.9 Å². The fraction of sp³-hybridized carbons (Fsp3) is 0.242.